The van der Waals surface area contributed by atoms with Crippen LogP contribution in [0.2, 0.25) is 10.0 Å². The van der Waals surface area contributed by atoms with Crippen LogP contribution < -0.4 is 5.32 Å². The zero-order valence-electron chi connectivity index (χ0n) is 10.3. The Morgan fingerprint density at radius 3 is 2.25 bits per heavy atom. The average molecular weight is 438 g/mol. The Balaban J connectivity index is 2.33. The topological polar surface area (TPSA) is 29.1 Å². The third kappa shape index (κ3) is 3.55. The number of anilines is 1. The summed E-state index contributed by atoms with van der Waals surface area (Å²) >= 11 is 18.8. The highest BCUT2D eigenvalue weighted by atomic mass is 79.9. The van der Waals surface area contributed by atoms with Crippen molar-refractivity contribution in [1.82, 2.24) is 0 Å². The number of rotatable bonds is 2. The molecule has 0 fully saturated rings. The SMILES string of the molecule is Cc1ccc(C(=O)Nc2c(Cl)cc(Br)cc2Cl)c(Br)c1. The number of nitrogens with one attached hydrogen (secondary N) is 1. The standard InChI is InChI=1S/C14H9Br2Cl2NO/c1-7-2-3-9(10(16)4-7)14(20)19-13-11(17)5-8(15)6-12(13)18/h2-6H,1H3,(H,19,20). The van der Waals surface area contributed by atoms with E-state index in [-0.39, 0.29) is 5.91 Å². The molecular formula is C14H9Br2Cl2NO. The third-order valence-electron chi connectivity index (χ3n) is 2.61. The molecule has 0 saturated carbocycles. The van der Waals surface area contributed by atoms with E-state index in [0.29, 0.717) is 21.3 Å². The summed E-state index contributed by atoms with van der Waals surface area (Å²) in [4.78, 5) is 12.3. The smallest absolute Gasteiger partial charge is 0.256 e. The molecule has 0 aliphatic heterocycles. The zero-order chi connectivity index (χ0) is 14.9. The number of carbonyl (C=O) groups is 1. The molecule has 104 valence electrons. The molecule has 1 amide bonds. The molecule has 2 aromatic carbocycles. The molecule has 2 nitrogen and oxygen atoms in total. The fourth-order valence-corrected chi connectivity index (χ4v) is 3.62. The van der Waals surface area contributed by atoms with Gasteiger partial charge in [0.25, 0.3) is 5.91 Å². The van der Waals surface area contributed by atoms with Crippen molar-refractivity contribution in [3.05, 3.63) is 60.4 Å². The zero-order valence-corrected chi connectivity index (χ0v) is 15.0. The van der Waals surface area contributed by atoms with Gasteiger partial charge in [-0.15, -0.1) is 0 Å². The molecule has 0 saturated heterocycles. The van der Waals surface area contributed by atoms with E-state index in [1.54, 1.807) is 18.2 Å². The highest BCUT2D eigenvalue weighted by Crippen LogP contribution is 2.34. The van der Waals surface area contributed by atoms with E-state index in [9.17, 15) is 4.79 Å². The van der Waals surface area contributed by atoms with Crippen LogP contribution in [-0.2, 0) is 0 Å². The molecule has 0 bridgehead atoms. The van der Waals surface area contributed by atoms with Gasteiger partial charge in [-0.25, -0.2) is 0 Å². The molecule has 20 heavy (non-hydrogen) atoms. The molecule has 6 heteroatoms. The Labute approximate surface area is 143 Å². The van der Waals surface area contributed by atoms with Crippen LogP contribution in [-0.4, -0.2) is 5.91 Å². The van der Waals surface area contributed by atoms with Crippen LogP contribution in [0.4, 0.5) is 5.69 Å². The lowest BCUT2D eigenvalue weighted by Gasteiger charge is -2.11. The average Bonchev–Trinajstić information content (AvgIpc) is 2.33. The molecular weight excluding hydrogens is 429 g/mol. The summed E-state index contributed by atoms with van der Waals surface area (Å²) < 4.78 is 1.47. The maximum absolute atomic E-state index is 12.3. The van der Waals surface area contributed by atoms with Crippen molar-refractivity contribution in [2.45, 2.75) is 6.92 Å². The second-order valence-electron chi connectivity index (χ2n) is 4.18. The molecule has 2 aromatic rings. The minimum absolute atomic E-state index is 0.275. The van der Waals surface area contributed by atoms with Crippen LogP contribution in [0.5, 0.6) is 0 Å². The highest BCUT2D eigenvalue weighted by molar-refractivity contribution is 9.10. The Morgan fingerprint density at radius 1 is 1.10 bits per heavy atom. The van der Waals surface area contributed by atoms with Crippen molar-refractivity contribution in [3.8, 4) is 0 Å². The predicted molar refractivity (Wildman–Crippen MR) is 91.0 cm³/mol. The van der Waals surface area contributed by atoms with E-state index in [2.05, 4.69) is 37.2 Å². The summed E-state index contributed by atoms with van der Waals surface area (Å²) in [5.41, 5.74) is 1.98. The van der Waals surface area contributed by atoms with Crippen molar-refractivity contribution in [3.63, 3.8) is 0 Å². The first-order valence-corrected chi connectivity index (χ1v) is 7.94. The maximum atomic E-state index is 12.3. The number of carbonyl (C=O) groups excluding carboxylic acids is 1. The lowest BCUT2D eigenvalue weighted by atomic mass is 10.1. The van der Waals surface area contributed by atoms with Crippen LogP contribution in [0.15, 0.2) is 39.3 Å². The summed E-state index contributed by atoms with van der Waals surface area (Å²) in [5.74, 6) is -0.275. The van der Waals surface area contributed by atoms with Gasteiger partial charge in [0.2, 0.25) is 0 Å². The van der Waals surface area contributed by atoms with E-state index in [0.717, 1.165) is 14.5 Å². The molecule has 0 unspecified atom stereocenters. The Morgan fingerprint density at radius 2 is 1.70 bits per heavy atom. The Hall–Kier alpha value is -0.550. The third-order valence-corrected chi connectivity index (χ3v) is 4.32. The quantitative estimate of drug-likeness (QED) is 0.606. The minimum atomic E-state index is -0.275. The van der Waals surface area contributed by atoms with Gasteiger partial charge >= 0.3 is 0 Å². The van der Waals surface area contributed by atoms with Gasteiger partial charge in [0, 0.05) is 8.95 Å². The minimum Gasteiger partial charge on any atom is -0.319 e. The number of aryl methyl sites for hydroxylation is 1. The number of hydrogen-bond donors (Lipinski definition) is 1. The summed E-state index contributed by atoms with van der Waals surface area (Å²) in [6, 6.07) is 8.83. The molecule has 1 N–H and O–H groups in total. The summed E-state index contributed by atoms with van der Waals surface area (Å²) in [6.07, 6.45) is 0. The molecule has 0 aliphatic carbocycles. The van der Waals surface area contributed by atoms with Crippen molar-refractivity contribution in [2.75, 3.05) is 5.32 Å². The fourth-order valence-electron chi connectivity index (χ4n) is 1.65. The first-order valence-electron chi connectivity index (χ1n) is 5.60. The van der Waals surface area contributed by atoms with Gasteiger partial charge in [-0.2, -0.15) is 0 Å². The van der Waals surface area contributed by atoms with E-state index in [4.69, 9.17) is 23.2 Å². The molecule has 0 heterocycles. The van der Waals surface area contributed by atoms with Crippen LogP contribution >= 0.6 is 55.1 Å². The Bertz CT molecular complexity index is 666. The normalized spacial score (nSPS) is 10.4. The predicted octanol–water partition coefficient (Wildman–Crippen LogP) is 6.08. The van der Waals surface area contributed by atoms with Crippen molar-refractivity contribution < 1.29 is 4.79 Å². The van der Waals surface area contributed by atoms with E-state index >= 15 is 0 Å². The second kappa shape index (κ2) is 6.48. The molecule has 0 aromatic heterocycles. The van der Waals surface area contributed by atoms with Gasteiger partial charge in [-0.05, 0) is 52.7 Å². The first kappa shape index (κ1) is 15.8. The van der Waals surface area contributed by atoms with Crippen molar-refractivity contribution in [2.24, 2.45) is 0 Å². The summed E-state index contributed by atoms with van der Waals surface area (Å²) in [7, 11) is 0. The number of hydrogen-bond acceptors (Lipinski definition) is 1. The van der Waals surface area contributed by atoms with Gasteiger partial charge in [0.15, 0.2) is 0 Å². The number of amides is 1. The van der Waals surface area contributed by atoms with Gasteiger partial charge in [0.05, 0.1) is 21.3 Å². The van der Waals surface area contributed by atoms with E-state index in [1.165, 1.54) is 0 Å². The van der Waals surface area contributed by atoms with Crippen LogP contribution in [0.25, 0.3) is 0 Å². The summed E-state index contributed by atoms with van der Waals surface area (Å²) in [6.45, 7) is 1.95. The van der Waals surface area contributed by atoms with Gasteiger partial charge < -0.3 is 5.32 Å². The Kier molecular flexibility index (Phi) is 5.13. The molecule has 2 rings (SSSR count). The van der Waals surface area contributed by atoms with Crippen LogP contribution in [0.1, 0.15) is 15.9 Å². The van der Waals surface area contributed by atoms with E-state index in [1.807, 2.05) is 19.1 Å². The van der Waals surface area contributed by atoms with Gasteiger partial charge in [0.1, 0.15) is 0 Å². The lowest BCUT2D eigenvalue weighted by molar-refractivity contribution is 0.102. The van der Waals surface area contributed by atoms with Crippen molar-refractivity contribution >= 4 is 66.7 Å². The van der Waals surface area contributed by atoms with E-state index < -0.39 is 0 Å². The molecule has 0 radical (unpaired) electrons. The first-order chi connectivity index (χ1) is 9.38. The highest BCUT2D eigenvalue weighted by Gasteiger charge is 2.14. The monoisotopic (exact) mass is 435 g/mol. The largest absolute Gasteiger partial charge is 0.319 e. The van der Waals surface area contributed by atoms with Gasteiger partial charge in [-0.3, -0.25) is 4.79 Å². The van der Waals surface area contributed by atoms with Crippen molar-refractivity contribution in [1.29, 1.82) is 0 Å². The van der Waals surface area contributed by atoms with Crippen LogP contribution in [0, 0.1) is 6.92 Å². The second-order valence-corrected chi connectivity index (χ2v) is 6.77. The van der Waals surface area contributed by atoms with Crippen LogP contribution in [0.3, 0.4) is 0 Å². The molecule has 0 aliphatic rings. The number of benzene rings is 2. The fraction of sp³-hybridized carbons (Fsp3) is 0.0714. The maximum Gasteiger partial charge on any atom is 0.256 e. The summed E-state index contributed by atoms with van der Waals surface area (Å²) in [5, 5.41) is 3.48. The molecule has 0 atom stereocenters. The molecule has 0 spiro atoms. The number of halogens is 4. The lowest BCUT2D eigenvalue weighted by Crippen LogP contribution is -2.13. The van der Waals surface area contributed by atoms with Gasteiger partial charge in [-0.1, -0.05) is 45.2 Å².